The summed E-state index contributed by atoms with van der Waals surface area (Å²) in [5.41, 5.74) is 0.755. The summed E-state index contributed by atoms with van der Waals surface area (Å²) in [6, 6.07) is 12.7. The Labute approximate surface area is 181 Å². The first-order valence-corrected chi connectivity index (χ1v) is 11.4. The van der Waals surface area contributed by atoms with E-state index in [0.29, 0.717) is 0 Å². The van der Waals surface area contributed by atoms with Crippen LogP contribution in [0.2, 0.25) is 5.02 Å². The molecule has 162 valence electrons. The van der Waals surface area contributed by atoms with Gasteiger partial charge in [0, 0.05) is 12.6 Å². The van der Waals surface area contributed by atoms with E-state index in [1.54, 1.807) is 24.3 Å². The fraction of sp³-hybridized carbons (Fsp3) is 0.333. The minimum Gasteiger partial charge on any atom is -0.452 e. The van der Waals surface area contributed by atoms with Crippen LogP contribution in [0.25, 0.3) is 0 Å². The summed E-state index contributed by atoms with van der Waals surface area (Å²) in [5, 5.41) is 2.69. The monoisotopic (exact) mass is 452 g/mol. The number of ether oxygens (including phenoxy) is 1. The van der Waals surface area contributed by atoms with E-state index in [1.807, 2.05) is 19.9 Å². The van der Waals surface area contributed by atoms with Crippen molar-refractivity contribution in [3.05, 3.63) is 64.7 Å². The molecule has 0 aliphatic heterocycles. The van der Waals surface area contributed by atoms with Crippen LogP contribution in [0.15, 0.2) is 53.4 Å². The topological polar surface area (TPSA) is 102 Å². The minimum atomic E-state index is -3.97. The van der Waals surface area contributed by atoms with Crippen LogP contribution in [0.4, 0.5) is 0 Å². The average molecular weight is 453 g/mol. The molecule has 0 aromatic heterocycles. The van der Waals surface area contributed by atoms with Gasteiger partial charge >= 0.3 is 5.97 Å². The zero-order chi connectivity index (χ0) is 22.1. The molecule has 2 rings (SSSR count). The lowest BCUT2D eigenvalue weighted by molar-refractivity contribution is -0.124. The number of halogens is 1. The Kier molecular flexibility index (Phi) is 8.83. The minimum absolute atomic E-state index is 0.0195. The van der Waals surface area contributed by atoms with Gasteiger partial charge in [-0.15, -0.1) is 0 Å². The fourth-order valence-electron chi connectivity index (χ4n) is 2.72. The number of carbonyl (C=O) groups excluding carboxylic acids is 2. The molecule has 0 saturated heterocycles. The smallest absolute Gasteiger partial charge is 0.338 e. The van der Waals surface area contributed by atoms with Gasteiger partial charge < -0.3 is 10.1 Å². The van der Waals surface area contributed by atoms with Crippen molar-refractivity contribution >= 4 is 33.5 Å². The molecule has 2 N–H and O–H groups in total. The van der Waals surface area contributed by atoms with Crippen LogP contribution >= 0.6 is 11.6 Å². The highest BCUT2D eigenvalue weighted by molar-refractivity contribution is 7.89. The highest BCUT2D eigenvalue weighted by Gasteiger charge is 2.21. The Hall–Kier alpha value is -2.42. The molecule has 0 radical (unpaired) electrons. The molecule has 2 aromatic rings. The SMILES string of the molecule is CCC[C@@H](C)NC(=O)COC(=O)c1ccc(Cl)c(S(=O)(=O)NCc2ccccc2)c1. The van der Waals surface area contributed by atoms with E-state index in [2.05, 4.69) is 10.0 Å². The number of carbonyl (C=O) groups is 2. The normalized spacial score (nSPS) is 12.2. The number of benzene rings is 2. The second kappa shape index (κ2) is 11.1. The Bertz CT molecular complexity index is 980. The van der Waals surface area contributed by atoms with Gasteiger partial charge in [0.05, 0.1) is 10.6 Å². The predicted octanol–water partition coefficient (Wildman–Crippen LogP) is 3.28. The lowest BCUT2D eigenvalue weighted by Gasteiger charge is -2.13. The van der Waals surface area contributed by atoms with Gasteiger partial charge in [0.2, 0.25) is 10.0 Å². The van der Waals surface area contributed by atoms with Gasteiger partial charge in [-0.3, -0.25) is 4.79 Å². The molecule has 30 heavy (non-hydrogen) atoms. The van der Waals surface area contributed by atoms with Gasteiger partial charge in [0.15, 0.2) is 6.61 Å². The quantitative estimate of drug-likeness (QED) is 0.538. The molecular formula is C21H25ClN2O5S. The number of esters is 1. The zero-order valence-electron chi connectivity index (χ0n) is 16.9. The third-order valence-corrected chi connectivity index (χ3v) is 6.11. The van der Waals surface area contributed by atoms with E-state index in [4.69, 9.17) is 16.3 Å². The van der Waals surface area contributed by atoms with E-state index >= 15 is 0 Å². The molecule has 1 atom stereocenters. The Balaban J connectivity index is 2.04. The van der Waals surface area contributed by atoms with Crippen molar-refractivity contribution in [1.29, 1.82) is 0 Å². The molecule has 7 nitrogen and oxygen atoms in total. The maximum absolute atomic E-state index is 12.6. The van der Waals surface area contributed by atoms with Crippen molar-refractivity contribution in [2.45, 2.75) is 44.2 Å². The van der Waals surface area contributed by atoms with Gasteiger partial charge in [-0.05, 0) is 37.1 Å². The number of sulfonamides is 1. The van der Waals surface area contributed by atoms with Gasteiger partial charge in [-0.1, -0.05) is 55.3 Å². The number of amides is 1. The van der Waals surface area contributed by atoms with E-state index in [-0.39, 0.29) is 28.1 Å². The summed E-state index contributed by atoms with van der Waals surface area (Å²) in [6.45, 7) is 3.49. The van der Waals surface area contributed by atoms with Gasteiger partial charge in [-0.25, -0.2) is 17.9 Å². The van der Waals surface area contributed by atoms with E-state index in [1.165, 1.54) is 12.1 Å². The van der Waals surface area contributed by atoms with Crippen molar-refractivity contribution in [1.82, 2.24) is 10.0 Å². The zero-order valence-corrected chi connectivity index (χ0v) is 18.4. The molecule has 0 aliphatic rings. The molecule has 9 heteroatoms. The molecule has 1 amide bonds. The first-order chi connectivity index (χ1) is 14.2. The van der Waals surface area contributed by atoms with Crippen molar-refractivity contribution in [2.75, 3.05) is 6.61 Å². The molecule has 0 bridgehead atoms. The summed E-state index contributed by atoms with van der Waals surface area (Å²) < 4.78 is 32.7. The van der Waals surface area contributed by atoms with Crippen LogP contribution in [-0.2, 0) is 26.1 Å². The van der Waals surface area contributed by atoms with Crippen LogP contribution in [0.3, 0.4) is 0 Å². The van der Waals surface area contributed by atoms with Crippen LogP contribution < -0.4 is 10.0 Å². The largest absolute Gasteiger partial charge is 0.452 e. The molecule has 0 spiro atoms. The van der Waals surface area contributed by atoms with Crippen LogP contribution in [0, 0.1) is 0 Å². The fourth-order valence-corrected chi connectivity index (χ4v) is 4.27. The average Bonchev–Trinajstić information content (AvgIpc) is 2.71. The molecule has 0 fully saturated rings. The Morgan fingerprint density at radius 2 is 1.83 bits per heavy atom. The summed E-state index contributed by atoms with van der Waals surface area (Å²) in [5.74, 6) is -1.24. The van der Waals surface area contributed by atoms with E-state index in [0.717, 1.165) is 24.5 Å². The standard InChI is InChI=1S/C21H25ClN2O5S/c1-3-7-15(2)24-20(25)14-29-21(26)17-10-11-18(22)19(12-17)30(27,28)23-13-16-8-5-4-6-9-16/h4-6,8-12,15,23H,3,7,13-14H2,1-2H3,(H,24,25)/t15-/m1/s1. The van der Waals surface area contributed by atoms with Crippen LogP contribution in [0.5, 0.6) is 0 Å². The van der Waals surface area contributed by atoms with Crippen molar-refractivity contribution in [3.63, 3.8) is 0 Å². The predicted molar refractivity (Wildman–Crippen MR) is 115 cm³/mol. The molecular weight excluding hydrogens is 428 g/mol. The number of hydrogen-bond donors (Lipinski definition) is 2. The summed E-state index contributed by atoms with van der Waals surface area (Å²) in [4.78, 5) is 23.9. The van der Waals surface area contributed by atoms with E-state index in [9.17, 15) is 18.0 Å². The molecule has 0 unspecified atom stereocenters. The summed E-state index contributed by atoms with van der Waals surface area (Å²) in [6.07, 6.45) is 1.73. The lowest BCUT2D eigenvalue weighted by atomic mass is 10.2. The van der Waals surface area contributed by atoms with E-state index < -0.39 is 28.5 Å². The van der Waals surface area contributed by atoms with Crippen molar-refractivity contribution in [2.24, 2.45) is 0 Å². The Morgan fingerprint density at radius 3 is 2.50 bits per heavy atom. The molecule has 2 aromatic carbocycles. The van der Waals surface area contributed by atoms with Gasteiger partial charge in [0.1, 0.15) is 4.90 Å². The highest BCUT2D eigenvalue weighted by Crippen LogP contribution is 2.23. The van der Waals surface area contributed by atoms with Crippen LogP contribution in [-0.4, -0.2) is 32.9 Å². The Morgan fingerprint density at radius 1 is 1.13 bits per heavy atom. The number of rotatable bonds is 10. The second-order valence-corrected chi connectivity index (χ2v) is 8.93. The molecule has 0 saturated carbocycles. The maximum Gasteiger partial charge on any atom is 0.338 e. The first-order valence-electron chi connectivity index (χ1n) is 9.52. The molecule has 0 heterocycles. The highest BCUT2D eigenvalue weighted by atomic mass is 35.5. The van der Waals surface area contributed by atoms with Gasteiger partial charge in [0.25, 0.3) is 5.91 Å². The third-order valence-electron chi connectivity index (χ3n) is 4.23. The summed E-state index contributed by atoms with van der Waals surface area (Å²) >= 11 is 6.05. The van der Waals surface area contributed by atoms with Crippen LogP contribution in [0.1, 0.15) is 42.6 Å². The first kappa shape index (κ1) is 23.9. The van der Waals surface area contributed by atoms with Crippen molar-refractivity contribution in [3.8, 4) is 0 Å². The van der Waals surface area contributed by atoms with Gasteiger partial charge in [-0.2, -0.15) is 0 Å². The van der Waals surface area contributed by atoms with Crippen molar-refractivity contribution < 1.29 is 22.7 Å². The maximum atomic E-state index is 12.6. The third kappa shape index (κ3) is 7.12. The second-order valence-electron chi connectivity index (χ2n) is 6.79. The lowest BCUT2D eigenvalue weighted by Crippen LogP contribution is -2.35. The number of hydrogen-bond acceptors (Lipinski definition) is 5. The number of nitrogens with one attached hydrogen (secondary N) is 2. The molecule has 0 aliphatic carbocycles. The summed E-state index contributed by atoms with van der Waals surface area (Å²) in [7, 11) is -3.97.